The highest BCUT2D eigenvalue weighted by molar-refractivity contribution is 9.10. The molecule has 0 radical (unpaired) electrons. The van der Waals surface area contributed by atoms with Gasteiger partial charge >= 0.3 is 0 Å². The van der Waals surface area contributed by atoms with Gasteiger partial charge in [-0.3, -0.25) is 4.79 Å². The van der Waals surface area contributed by atoms with E-state index in [0.29, 0.717) is 16.3 Å². The van der Waals surface area contributed by atoms with Crippen LogP contribution < -0.4 is 10.6 Å². The summed E-state index contributed by atoms with van der Waals surface area (Å²) in [6, 6.07) is 11.0. The Balaban J connectivity index is 2.20. The molecule has 0 fully saturated rings. The summed E-state index contributed by atoms with van der Waals surface area (Å²) in [6.45, 7) is 4.80. The predicted molar refractivity (Wildman–Crippen MR) is 92.4 cm³/mol. The highest BCUT2D eigenvalue weighted by Gasteiger charge is 2.11. The van der Waals surface area contributed by atoms with Gasteiger partial charge in [-0.2, -0.15) is 0 Å². The zero-order valence-electron chi connectivity index (χ0n) is 11.8. The fourth-order valence-corrected chi connectivity index (χ4v) is 2.73. The standard InChI is InChI=1S/C16H16BrClN2O/c1-3-19-12-5-6-13(10(2)8-12)16(21)20-15-7-4-11(17)9-14(15)18/h4-9,19H,3H2,1-2H3,(H,20,21). The second kappa shape index (κ2) is 6.96. The van der Waals surface area contributed by atoms with Crippen molar-refractivity contribution >= 4 is 44.8 Å². The van der Waals surface area contributed by atoms with Crippen LogP contribution >= 0.6 is 27.5 Å². The molecule has 0 aliphatic carbocycles. The minimum atomic E-state index is -0.167. The Hall–Kier alpha value is -1.52. The van der Waals surface area contributed by atoms with Gasteiger partial charge in [0.1, 0.15) is 0 Å². The van der Waals surface area contributed by atoms with Gasteiger partial charge in [0.15, 0.2) is 0 Å². The summed E-state index contributed by atoms with van der Waals surface area (Å²) in [6.07, 6.45) is 0. The molecule has 3 nitrogen and oxygen atoms in total. The maximum atomic E-state index is 12.3. The lowest BCUT2D eigenvalue weighted by Gasteiger charge is -2.11. The Labute approximate surface area is 137 Å². The number of carbonyl (C=O) groups is 1. The maximum absolute atomic E-state index is 12.3. The first kappa shape index (κ1) is 15.9. The average molecular weight is 368 g/mol. The van der Waals surface area contributed by atoms with Crippen molar-refractivity contribution in [3.8, 4) is 0 Å². The molecule has 2 rings (SSSR count). The van der Waals surface area contributed by atoms with Crippen LogP contribution in [0.15, 0.2) is 40.9 Å². The van der Waals surface area contributed by atoms with Crippen molar-refractivity contribution in [1.29, 1.82) is 0 Å². The van der Waals surface area contributed by atoms with E-state index in [1.54, 1.807) is 12.1 Å². The molecule has 5 heteroatoms. The normalized spacial score (nSPS) is 10.3. The van der Waals surface area contributed by atoms with E-state index in [9.17, 15) is 4.79 Å². The largest absolute Gasteiger partial charge is 0.385 e. The van der Waals surface area contributed by atoms with Crippen molar-refractivity contribution in [2.45, 2.75) is 13.8 Å². The van der Waals surface area contributed by atoms with Crippen LogP contribution in [0.2, 0.25) is 5.02 Å². The second-order valence-electron chi connectivity index (χ2n) is 4.64. The van der Waals surface area contributed by atoms with Crippen molar-refractivity contribution in [1.82, 2.24) is 0 Å². The summed E-state index contributed by atoms with van der Waals surface area (Å²) >= 11 is 9.45. The lowest BCUT2D eigenvalue weighted by Crippen LogP contribution is -2.14. The van der Waals surface area contributed by atoms with Crippen LogP contribution in [-0.2, 0) is 0 Å². The quantitative estimate of drug-likeness (QED) is 0.790. The van der Waals surface area contributed by atoms with Crippen LogP contribution in [0, 0.1) is 6.92 Å². The highest BCUT2D eigenvalue weighted by atomic mass is 79.9. The molecule has 0 saturated carbocycles. The van der Waals surface area contributed by atoms with Gasteiger partial charge < -0.3 is 10.6 Å². The molecular formula is C16H16BrClN2O. The van der Waals surface area contributed by atoms with E-state index in [-0.39, 0.29) is 5.91 Å². The number of carbonyl (C=O) groups excluding carboxylic acids is 1. The Bertz CT molecular complexity index is 673. The van der Waals surface area contributed by atoms with Gasteiger partial charge in [0.2, 0.25) is 0 Å². The molecule has 2 aromatic carbocycles. The van der Waals surface area contributed by atoms with Gasteiger partial charge in [-0.1, -0.05) is 27.5 Å². The number of benzene rings is 2. The van der Waals surface area contributed by atoms with Gasteiger partial charge in [0, 0.05) is 22.3 Å². The fourth-order valence-electron chi connectivity index (χ4n) is 2.01. The minimum absolute atomic E-state index is 0.167. The molecule has 0 atom stereocenters. The van der Waals surface area contributed by atoms with Gasteiger partial charge in [-0.05, 0) is 55.8 Å². The summed E-state index contributed by atoms with van der Waals surface area (Å²) < 4.78 is 0.872. The van der Waals surface area contributed by atoms with Crippen molar-refractivity contribution < 1.29 is 4.79 Å². The van der Waals surface area contributed by atoms with Crippen LogP contribution in [0.1, 0.15) is 22.8 Å². The van der Waals surface area contributed by atoms with E-state index in [1.807, 2.05) is 38.1 Å². The van der Waals surface area contributed by atoms with Crippen molar-refractivity contribution in [3.63, 3.8) is 0 Å². The smallest absolute Gasteiger partial charge is 0.255 e. The molecule has 0 saturated heterocycles. The number of amides is 1. The molecular weight excluding hydrogens is 352 g/mol. The van der Waals surface area contributed by atoms with Crippen LogP contribution in [-0.4, -0.2) is 12.5 Å². The van der Waals surface area contributed by atoms with E-state index >= 15 is 0 Å². The molecule has 2 aromatic rings. The Kier molecular flexibility index (Phi) is 5.26. The lowest BCUT2D eigenvalue weighted by molar-refractivity contribution is 0.102. The van der Waals surface area contributed by atoms with Gasteiger partial charge in [0.05, 0.1) is 10.7 Å². The molecule has 21 heavy (non-hydrogen) atoms. The van der Waals surface area contributed by atoms with Crippen LogP contribution in [0.3, 0.4) is 0 Å². The minimum Gasteiger partial charge on any atom is -0.385 e. The summed E-state index contributed by atoms with van der Waals surface area (Å²) in [5, 5.41) is 6.56. The van der Waals surface area contributed by atoms with Gasteiger partial charge in [-0.25, -0.2) is 0 Å². The second-order valence-corrected chi connectivity index (χ2v) is 5.96. The molecule has 1 amide bonds. The first-order valence-electron chi connectivity index (χ1n) is 6.62. The molecule has 0 heterocycles. The van der Waals surface area contributed by atoms with Gasteiger partial charge in [0.25, 0.3) is 5.91 Å². The zero-order valence-corrected chi connectivity index (χ0v) is 14.2. The molecule has 2 N–H and O–H groups in total. The first-order valence-corrected chi connectivity index (χ1v) is 7.79. The zero-order chi connectivity index (χ0) is 15.4. The lowest BCUT2D eigenvalue weighted by atomic mass is 10.1. The third-order valence-electron chi connectivity index (χ3n) is 3.03. The number of aryl methyl sites for hydroxylation is 1. The third kappa shape index (κ3) is 3.99. The monoisotopic (exact) mass is 366 g/mol. The molecule has 0 spiro atoms. The highest BCUT2D eigenvalue weighted by Crippen LogP contribution is 2.26. The molecule has 0 bridgehead atoms. The van der Waals surface area contributed by atoms with E-state index in [0.717, 1.165) is 22.3 Å². The molecule has 0 aromatic heterocycles. The van der Waals surface area contributed by atoms with Crippen molar-refractivity contribution in [3.05, 3.63) is 57.0 Å². The molecule has 0 aliphatic heterocycles. The van der Waals surface area contributed by atoms with E-state index in [1.165, 1.54) is 0 Å². The SMILES string of the molecule is CCNc1ccc(C(=O)Nc2ccc(Br)cc2Cl)c(C)c1. The number of halogens is 2. The maximum Gasteiger partial charge on any atom is 0.255 e. The van der Waals surface area contributed by atoms with Crippen LogP contribution in [0.25, 0.3) is 0 Å². The molecule has 110 valence electrons. The summed E-state index contributed by atoms with van der Waals surface area (Å²) in [4.78, 5) is 12.3. The topological polar surface area (TPSA) is 41.1 Å². The van der Waals surface area contributed by atoms with Crippen LogP contribution in [0.4, 0.5) is 11.4 Å². The molecule has 0 aliphatic rings. The average Bonchev–Trinajstić information content (AvgIpc) is 2.42. The summed E-state index contributed by atoms with van der Waals surface area (Å²) in [7, 11) is 0. The van der Waals surface area contributed by atoms with E-state index < -0.39 is 0 Å². The number of rotatable bonds is 4. The number of anilines is 2. The molecule has 0 unspecified atom stereocenters. The van der Waals surface area contributed by atoms with Crippen molar-refractivity contribution in [2.24, 2.45) is 0 Å². The number of nitrogens with one attached hydrogen (secondary N) is 2. The third-order valence-corrected chi connectivity index (χ3v) is 3.84. The van der Waals surface area contributed by atoms with Crippen LogP contribution in [0.5, 0.6) is 0 Å². The fraction of sp³-hybridized carbons (Fsp3) is 0.188. The van der Waals surface area contributed by atoms with Crippen molar-refractivity contribution in [2.75, 3.05) is 17.2 Å². The van der Waals surface area contributed by atoms with E-state index in [4.69, 9.17) is 11.6 Å². The first-order chi connectivity index (χ1) is 10.0. The Morgan fingerprint density at radius 1 is 1.24 bits per heavy atom. The Morgan fingerprint density at radius 3 is 2.62 bits per heavy atom. The summed E-state index contributed by atoms with van der Waals surface area (Å²) in [5.74, 6) is -0.167. The Morgan fingerprint density at radius 2 is 2.00 bits per heavy atom. The number of hydrogen-bond acceptors (Lipinski definition) is 2. The van der Waals surface area contributed by atoms with E-state index in [2.05, 4.69) is 26.6 Å². The number of hydrogen-bond donors (Lipinski definition) is 2. The van der Waals surface area contributed by atoms with Gasteiger partial charge in [-0.15, -0.1) is 0 Å². The summed E-state index contributed by atoms with van der Waals surface area (Å²) in [5.41, 5.74) is 3.16. The predicted octanol–water partition coefficient (Wildman–Crippen LogP) is 5.10.